The lowest BCUT2D eigenvalue weighted by Crippen LogP contribution is -2.34. The fourth-order valence-corrected chi connectivity index (χ4v) is 1.57. The third-order valence-electron chi connectivity index (χ3n) is 2.53. The minimum Gasteiger partial charge on any atom is -0.339 e. The molecule has 0 unspecified atom stereocenters. The van der Waals surface area contributed by atoms with Crippen LogP contribution in [0.15, 0.2) is 65.8 Å². The molecule has 0 aromatic heterocycles. The van der Waals surface area contributed by atoms with Crippen LogP contribution in [0.3, 0.4) is 0 Å². The Balaban J connectivity index is 2.25. The van der Waals surface area contributed by atoms with Gasteiger partial charge in [-0.2, -0.15) is 10.1 Å². The number of benzene rings is 2. The zero-order valence-electron chi connectivity index (χ0n) is 10.7. The van der Waals surface area contributed by atoms with Crippen molar-refractivity contribution in [3.05, 3.63) is 66.2 Å². The highest BCUT2D eigenvalue weighted by atomic mass is 16.2. The summed E-state index contributed by atoms with van der Waals surface area (Å²) in [5.74, 6) is 0. The van der Waals surface area contributed by atoms with Gasteiger partial charge in [0, 0.05) is 7.05 Å². The number of hydrogen-bond acceptors (Lipinski definition) is 2. The minimum absolute atomic E-state index is 0.279. The maximum Gasteiger partial charge on any atom is 0.342 e. The molecule has 4 heteroatoms. The third kappa shape index (κ3) is 3.42. The first kappa shape index (κ1) is 12.8. The molecule has 2 rings (SSSR count). The van der Waals surface area contributed by atoms with Crippen molar-refractivity contribution >= 4 is 17.9 Å². The van der Waals surface area contributed by atoms with E-state index in [1.165, 1.54) is 5.01 Å². The summed E-state index contributed by atoms with van der Waals surface area (Å²) in [5.41, 5.74) is 1.65. The average Bonchev–Trinajstić information content (AvgIpc) is 2.49. The van der Waals surface area contributed by atoms with Gasteiger partial charge in [-0.05, 0) is 17.7 Å². The van der Waals surface area contributed by atoms with Crippen molar-refractivity contribution in [2.75, 3.05) is 12.1 Å². The number of amides is 2. The van der Waals surface area contributed by atoms with Gasteiger partial charge in [0.25, 0.3) is 0 Å². The number of hydrogen-bond donors (Lipinski definition) is 1. The smallest absolute Gasteiger partial charge is 0.339 e. The number of nitrogens with zero attached hydrogens (tertiary/aromatic N) is 2. The highest BCUT2D eigenvalue weighted by Crippen LogP contribution is 2.13. The molecule has 2 aromatic rings. The van der Waals surface area contributed by atoms with E-state index in [4.69, 9.17) is 0 Å². The van der Waals surface area contributed by atoms with E-state index in [1.54, 1.807) is 13.3 Å². The van der Waals surface area contributed by atoms with E-state index in [1.807, 2.05) is 60.7 Å². The van der Waals surface area contributed by atoms with Crippen LogP contribution in [0.2, 0.25) is 0 Å². The molecule has 96 valence electrons. The normalized spacial score (nSPS) is 10.4. The molecule has 4 nitrogen and oxygen atoms in total. The van der Waals surface area contributed by atoms with Gasteiger partial charge in [-0.25, -0.2) is 4.79 Å². The molecule has 19 heavy (non-hydrogen) atoms. The molecule has 0 radical (unpaired) electrons. The van der Waals surface area contributed by atoms with Gasteiger partial charge in [0.15, 0.2) is 0 Å². The van der Waals surface area contributed by atoms with Crippen LogP contribution >= 0.6 is 0 Å². The highest BCUT2D eigenvalue weighted by molar-refractivity contribution is 5.93. The Morgan fingerprint density at radius 1 is 1.05 bits per heavy atom. The quantitative estimate of drug-likeness (QED) is 0.663. The Kier molecular flexibility index (Phi) is 4.29. The molecule has 0 aliphatic rings. The Morgan fingerprint density at radius 2 is 1.63 bits per heavy atom. The number of rotatable bonds is 3. The molecule has 0 spiro atoms. The van der Waals surface area contributed by atoms with Crippen LogP contribution in [0, 0.1) is 0 Å². The number of para-hydroxylation sites is 1. The Bertz CT molecular complexity index is 552. The van der Waals surface area contributed by atoms with E-state index >= 15 is 0 Å². The summed E-state index contributed by atoms with van der Waals surface area (Å²) in [7, 11) is 1.58. The molecular weight excluding hydrogens is 238 g/mol. The summed E-state index contributed by atoms with van der Waals surface area (Å²) >= 11 is 0. The van der Waals surface area contributed by atoms with Crippen LogP contribution < -0.4 is 10.3 Å². The fraction of sp³-hybridized carbons (Fsp3) is 0.0667. The van der Waals surface area contributed by atoms with Gasteiger partial charge in [-0.15, -0.1) is 0 Å². The maximum absolute atomic E-state index is 11.8. The second kappa shape index (κ2) is 6.35. The standard InChI is InChI=1S/C15H15N3O/c1-16-15(19)18(14-10-6-3-7-11-14)17-12-13-8-4-2-5-9-13/h2-12H,1H3,(H,16,19)/b17-12+. The van der Waals surface area contributed by atoms with Crippen LogP contribution in [0.5, 0.6) is 0 Å². The summed E-state index contributed by atoms with van der Waals surface area (Å²) < 4.78 is 0. The van der Waals surface area contributed by atoms with Crippen molar-refractivity contribution in [3.8, 4) is 0 Å². The average molecular weight is 253 g/mol. The molecule has 0 aliphatic heterocycles. The van der Waals surface area contributed by atoms with Crippen molar-refractivity contribution in [1.29, 1.82) is 0 Å². The van der Waals surface area contributed by atoms with Crippen LogP contribution in [0.4, 0.5) is 10.5 Å². The van der Waals surface area contributed by atoms with E-state index in [-0.39, 0.29) is 6.03 Å². The number of urea groups is 1. The van der Waals surface area contributed by atoms with Gasteiger partial charge in [0.05, 0.1) is 11.9 Å². The van der Waals surface area contributed by atoms with E-state index in [2.05, 4.69) is 10.4 Å². The van der Waals surface area contributed by atoms with Crippen molar-refractivity contribution in [3.63, 3.8) is 0 Å². The minimum atomic E-state index is -0.279. The summed E-state index contributed by atoms with van der Waals surface area (Å²) in [5, 5.41) is 8.13. The number of carbonyl (C=O) groups excluding carboxylic acids is 1. The van der Waals surface area contributed by atoms with Crippen molar-refractivity contribution < 1.29 is 4.79 Å². The Hall–Kier alpha value is -2.62. The second-order valence-corrected chi connectivity index (χ2v) is 3.86. The summed E-state index contributed by atoms with van der Waals surface area (Å²) in [6.07, 6.45) is 1.65. The lowest BCUT2D eigenvalue weighted by Gasteiger charge is -2.16. The van der Waals surface area contributed by atoms with Gasteiger partial charge < -0.3 is 5.32 Å². The first-order valence-corrected chi connectivity index (χ1v) is 5.97. The van der Waals surface area contributed by atoms with Crippen LogP contribution in [0.25, 0.3) is 0 Å². The van der Waals surface area contributed by atoms with E-state index in [0.717, 1.165) is 5.56 Å². The third-order valence-corrected chi connectivity index (χ3v) is 2.53. The largest absolute Gasteiger partial charge is 0.342 e. The summed E-state index contributed by atoms with van der Waals surface area (Å²) in [6, 6.07) is 18.6. The highest BCUT2D eigenvalue weighted by Gasteiger charge is 2.11. The molecule has 1 N–H and O–H groups in total. The zero-order chi connectivity index (χ0) is 13.5. The van der Waals surface area contributed by atoms with Crippen LogP contribution in [-0.4, -0.2) is 19.3 Å². The molecule has 2 amide bonds. The van der Waals surface area contributed by atoms with Crippen molar-refractivity contribution in [2.24, 2.45) is 5.10 Å². The molecule has 0 fully saturated rings. The van der Waals surface area contributed by atoms with E-state index in [0.29, 0.717) is 5.69 Å². The number of hydrazone groups is 1. The Morgan fingerprint density at radius 3 is 2.21 bits per heavy atom. The first-order chi connectivity index (χ1) is 9.31. The van der Waals surface area contributed by atoms with Crippen LogP contribution in [-0.2, 0) is 0 Å². The van der Waals surface area contributed by atoms with E-state index < -0.39 is 0 Å². The molecular formula is C15H15N3O. The monoisotopic (exact) mass is 253 g/mol. The number of nitrogens with one attached hydrogen (secondary N) is 1. The first-order valence-electron chi connectivity index (χ1n) is 5.97. The van der Waals surface area contributed by atoms with Gasteiger partial charge >= 0.3 is 6.03 Å². The molecule has 0 saturated carbocycles. The predicted octanol–water partition coefficient (Wildman–Crippen LogP) is 2.87. The summed E-state index contributed by atoms with van der Waals surface area (Å²) in [6.45, 7) is 0. The SMILES string of the molecule is CNC(=O)N(/N=C/c1ccccc1)c1ccccc1. The lowest BCUT2D eigenvalue weighted by atomic mass is 10.2. The fourth-order valence-electron chi connectivity index (χ4n) is 1.57. The van der Waals surface area contributed by atoms with Gasteiger partial charge in [0.1, 0.15) is 0 Å². The maximum atomic E-state index is 11.8. The molecule has 2 aromatic carbocycles. The van der Waals surface area contributed by atoms with Crippen molar-refractivity contribution in [1.82, 2.24) is 5.32 Å². The zero-order valence-corrected chi connectivity index (χ0v) is 10.7. The molecule has 0 saturated heterocycles. The summed E-state index contributed by atoms with van der Waals surface area (Å²) in [4.78, 5) is 11.8. The van der Waals surface area contributed by atoms with Crippen molar-refractivity contribution in [2.45, 2.75) is 0 Å². The molecule has 0 bridgehead atoms. The molecule has 0 atom stereocenters. The predicted molar refractivity (Wildman–Crippen MR) is 77.4 cm³/mol. The van der Waals surface area contributed by atoms with Gasteiger partial charge in [0.2, 0.25) is 0 Å². The number of carbonyl (C=O) groups is 1. The lowest BCUT2D eigenvalue weighted by molar-refractivity contribution is 0.248. The van der Waals surface area contributed by atoms with Crippen LogP contribution in [0.1, 0.15) is 5.56 Å². The molecule has 0 aliphatic carbocycles. The second-order valence-electron chi connectivity index (χ2n) is 3.86. The molecule has 0 heterocycles. The topological polar surface area (TPSA) is 44.7 Å². The number of anilines is 1. The van der Waals surface area contributed by atoms with E-state index in [9.17, 15) is 4.79 Å². The van der Waals surface area contributed by atoms with Gasteiger partial charge in [-0.3, -0.25) is 0 Å². The van der Waals surface area contributed by atoms with Gasteiger partial charge in [-0.1, -0.05) is 48.5 Å². The Labute approximate surface area is 112 Å².